The number of nitrogens with one attached hydrogen (secondary N) is 1. The van der Waals surface area contributed by atoms with Crippen LogP contribution < -0.4 is 5.32 Å². The van der Waals surface area contributed by atoms with Crippen LogP contribution in [0.25, 0.3) is 0 Å². The summed E-state index contributed by atoms with van der Waals surface area (Å²) in [4.78, 5) is 2.38. The Hall–Kier alpha value is -0.120. The highest BCUT2D eigenvalue weighted by molar-refractivity contribution is 4.91. The lowest BCUT2D eigenvalue weighted by molar-refractivity contribution is 0.00610. The standard InChI is InChI=1S/C17H34N2O/c1-16(2)10-7-15(18-3)14(11-16)12-19(4)13-17(20)8-5-6-9-17/h14-15,18,20H,5-13H2,1-4H3. The first-order chi connectivity index (χ1) is 9.34. The van der Waals surface area contributed by atoms with E-state index in [0.717, 1.165) is 25.9 Å². The van der Waals surface area contributed by atoms with Gasteiger partial charge in [0.25, 0.3) is 0 Å². The second-order valence-corrected chi connectivity index (χ2v) is 8.19. The molecule has 0 spiro atoms. The second kappa shape index (κ2) is 6.33. The molecule has 2 unspecified atom stereocenters. The number of rotatable bonds is 5. The van der Waals surface area contributed by atoms with Gasteiger partial charge in [-0.05, 0) is 57.5 Å². The van der Waals surface area contributed by atoms with Gasteiger partial charge < -0.3 is 15.3 Å². The first-order valence-electron chi connectivity index (χ1n) is 8.42. The summed E-state index contributed by atoms with van der Waals surface area (Å²) in [5.74, 6) is 0.707. The minimum atomic E-state index is -0.409. The van der Waals surface area contributed by atoms with Crippen molar-refractivity contribution in [3.63, 3.8) is 0 Å². The fraction of sp³-hybridized carbons (Fsp3) is 1.00. The van der Waals surface area contributed by atoms with E-state index in [1.807, 2.05) is 0 Å². The second-order valence-electron chi connectivity index (χ2n) is 8.19. The van der Waals surface area contributed by atoms with Crippen molar-refractivity contribution in [3.8, 4) is 0 Å². The zero-order valence-corrected chi connectivity index (χ0v) is 13.9. The molecule has 2 rings (SSSR count). The van der Waals surface area contributed by atoms with Gasteiger partial charge in [-0.15, -0.1) is 0 Å². The topological polar surface area (TPSA) is 35.5 Å². The smallest absolute Gasteiger partial charge is 0.0774 e. The van der Waals surface area contributed by atoms with Crippen molar-refractivity contribution in [2.75, 3.05) is 27.2 Å². The third-order valence-corrected chi connectivity index (χ3v) is 5.53. The van der Waals surface area contributed by atoms with Crippen LogP contribution in [0.3, 0.4) is 0 Å². The molecule has 0 bridgehead atoms. The maximum Gasteiger partial charge on any atom is 0.0774 e. The molecule has 0 saturated heterocycles. The van der Waals surface area contributed by atoms with Crippen molar-refractivity contribution in [2.24, 2.45) is 11.3 Å². The summed E-state index contributed by atoms with van der Waals surface area (Å²) in [5, 5.41) is 14.1. The van der Waals surface area contributed by atoms with Crippen LogP contribution in [0, 0.1) is 11.3 Å². The van der Waals surface area contributed by atoms with Gasteiger partial charge in [0.2, 0.25) is 0 Å². The summed E-state index contributed by atoms with van der Waals surface area (Å²) >= 11 is 0. The molecule has 3 heteroatoms. The molecule has 0 aromatic carbocycles. The Kier molecular flexibility index (Phi) is 5.14. The Labute approximate surface area is 125 Å². The molecule has 118 valence electrons. The average molecular weight is 282 g/mol. The Morgan fingerprint density at radius 2 is 1.85 bits per heavy atom. The molecule has 20 heavy (non-hydrogen) atoms. The van der Waals surface area contributed by atoms with Crippen molar-refractivity contribution in [2.45, 2.75) is 70.4 Å². The number of nitrogens with zero attached hydrogens (tertiary/aromatic N) is 1. The molecule has 2 aliphatic carbocycles. The average Bonchev–Trinajstić information content (AvgIpc) is 2.74. The molecular weight excluding hydrogens is 248 g/mol. The minimum Gasteiger partial charge on any atom is -0.389 e. The summed E-state index contributed by atoms with van der Waals surface area (Å²) in [6, 6.07) is 0.642. The molecule has 0 aliphatic heterocycles. The summed E-state index contributed by atoms with van der Waals surface area (Å²) in [6.45, 7) is 6.75. The van der Waals surface area contributed by atoms with E-state index in [4.69, 9.17) is 0 Å². The van der Waals surface area contributed by atoms with E-state index in [0.29, 0.717) is 17.4 Å². The first kappa shape index (κ1) is 16.3. The molecule has 2 fully saturated rings. The highest BCUT2D eigenvalue weighted by atomic mass is 16.3. The summed E-state index contributed by atoms with van der Waals surface area (Å²) < 4.78 is 0. The Morgan fingerprint density at radius 3 is 2.45 bits per heavy atom. The normalized spacial score (nSPS) is 32.7. The maximum absolute atomic E-state index is 10.6. The highest BCUT2D eigenvalue weighted by Crippen LogP contribution is 2.39. The number of likely N-dealkylation sites (N-methyl/N-ethyl adjacent to an activating group) is 1. The van der Waals surface area contributed by atoms with E-state index in [1.165, 1.54) is 32.1 Å². The van der Waals surface area contributed by atoms with E-state index in [-0.39, 0.29) is 0 Å². The van der Waals surface area contributed by atoms with Crippen molar-refractivity contribution < 1.29 is 5.11 Å². The molecule has 2 saturated carbocycles. The van der Waals surface area contributed by atoms with Gasteiger partial charge in [-0.1, -0.05) is 26.7 Å². The number of hydrogen-bond acceptors (Lipinski definition) is 3. The molecule has 2 N–H and O–H groups in total. The molecule has 0 heterocycles. The lowest BCUT2D eigenvalue weighted by Crippen LogP contribution is -2.48. The van der Waals surface area contributed by atoms with Crippen molar-refractivity contribution >= 4 is 0 Å². The first-order valence-corrected chi connectivity index (χ1v) is 8.42. The lowest BCUT2D eigenvalue weighted by Gasteiger charge is -2.43. The lowest BCUT2D eigenvalue weighted by atomic mass is 9.69. The molecule has 0 radical (unpaired) electrons. The third kappa shape index (κ3) is 4.19. The largest absolute Gasteiger partial charge is 0.389 e. The van der Waals surface area contributed by atoms with Crippen LogP contribution in [-0.2, 0) is 0 Å². The number of hydrogen-bond donors (Lipinski definition) is 2. The quantitative estimate of drug-likeness (QED) is 0.814. The van der Waals surface area contributed by atoms with Crippen LogP contribution in [0.4, 0.5) is 0 Å². The van der Waals surface area contributed by atoms with Crippen LogP contribution in [0.2, 0.25) is 0 Å². The van der Waals surface area contributed by atoms with Gasteiger partial charge in [-0.25, -0.2) is 0 Å². The van der Waals surface area contributed by atoms with Crippen LogP contribution in [0.1, 0.15) is 58.8 Å². The molecular formula is C17H34N2O. The minimum absolute atomic E-state index is 0.409. The fourth-order valence-electron chi connectivity index (χ4n) is 4.47. The predicted octanol–water partition coefficient (Wildman–Crippen LogP) is 2.64. The van der Waals surface area contributed by atoms with Crippen LogP contribution >= 0.6 is 0 Å². The van der Waals surface area contributed by atoms with Crippen molar-refractivity contribution in [3.05, 3.63) is 0 Å². The van der Waals surface area contributed by atoms with Crippen LogP contribution in [0.15, 0.2) is 0 Å². The highest BCUT2D eigenvalue weighted by Gasteiger charge is 2.36. The van der Waals surface area contributed by atoms with Gasteiger partial charge >= 0.3 is 0 Å². The number of aliphatic hydroxyl groups is 1. The predicted molar refractivity (Wildman–Crippen MR) is 84.9 cm³/mol. The molecule has 3 nitrogen and oxygen atoms in total. The summed E-state index contributed by atoms with van der Waals surface area (Å²) in [7, 11) is 4.28. The molecule has 0 aromatic heterocycles. The molecule has 2 aliphatic rings. The van der Waals surface area contributed by atoms with E-state index >= 15 is 0 Å². The van der Waals surface area contributed by atoms with E-state index in [2.05, 4.69) is 38.2 Å². The van der Waals surface area contributed by atoms with Gasteiger partial charge in [-0.3, -0.25) is 0 Å². The molecule has 0 aromatic rings. The van der Waals surface area contributed by atoms with Gasteiger partial charge in [-0.2, -0.15) is 0 Å². The van der Waals surface area contributed by atoms with Gasteiger partial charge in [0.1, 0.15) is 0 Å². The van der Waals surface area contributed by atoms with Gasteiger partial charge in [0.15, 0.2) is 0 Å². The zero-order valence-electron chi connectivity index (χ0n) is 13.9. The van der Waals surface area contributed by atoms with Gasteiger partial charge in [0.05, 0.1) is 5.60 Å². The van der Waals surface area contributed by atoms with Crippen LogP contribution in [-0.4, -0.2) is 48.8 Å². The SMILES string of the molecule is CNC1CCC(C)(C)CC1CN(C)CC1(O)CCCC1. The monoisotopic (exact) mass is 282 g/mol. The third-order valence-electron chi connectivity index (χ3n) is 5.53. The zero-order chi connectivity index (χ0) is 14.8. The van der Waals surface area contributed by atoms with Crippen molar-refractivity contribution in [1.82, 2.24) is 10.2 Å². The summed E-state index contributed by atoms with van der Waals surface area (Å²) in [5.41, 5.74) is 0.0667. The van der Waals surface area contributed by atoms with Crippen LogP contribution in [0.5, 0.6) is 0 Å². The van der Waals surface area contributed by atoms with Gasteiger partial charge in [0, 0.05) is 19.1 Å². The molecule has 2 atom stereocenters. The van der Waals surface area contributed by atoms with E-state index in [9.17, 15) is 5.11 Å². The van der Waals surface area contributed by atoms with E-state index in [1.54, 1.807) is 0 Å². The Morgan fingerprint density at radius 1 is 1.20 bits per heavy atom. The summed E-state index contributed by atoms with van der Waals surface area (Å²) in [6.07, 6.45) is 8.27. The Balaban J connectivity index is 1.89. The fourth-order valence-corrected chi connectivity index (χ4v) is 4.47. The molecule has 0 amide bonds. The van der Waals surface area contributed by atoms with Crippen molar-refractivity contribution in [1.29, 1.82) is 0 Å². The Bertz CT molecular complexity index is 310. The van der Waals surface area contributed by atoms with E-state index < -0.39 is 5.60 Å². The maximum atomic E-state index is 10.6.